The number of benzene rings is 2. The lowest BCUT2D eigenvalue weighted by molar-refractivity contribution is -0.547. The molecular formula is C18H17NO. The molecule has 100 valence electrons. The van der Waals surface area contributed by atoms with Crippen LogP contribution in [0.15, 0.2) is 48.5 Å². The van der Waals surface area contributed by atoms with E-state index in [1.54, 1.807) is 0 Å². The third kappa shape index (κ3) is 1.94. The van der Waals surface area contributed by atoms with Crippen molar-refractivity contribution in [1.82, 2.24) is 0 Å². The molecule has 0 saturated carbocycles. The van der Waals surface area contributed by atoms with Crippen molar-refractivity contribution >= 4 is 18.9 Å². The van der Waals surface area contributed by atoms with Gasteiger partial charge in [-0.2, -0.15) is 0 Å². The summed E-state index contributed by atoms with van der Waals surface area (Å²) < 4.78 is 0.835. The maximum absolute atomic E-state index is 12.1. The molecule has 0 fully saturated rings. The number of fused-ring (bicyclic) bond motifs is 2. The normalized spacial score (nSPS) is 22.1. The van der Waals surface area contributed by atoms with Crippen molar-refractivity contribution in [3.05, 3.63) is 76.0 Å². The summed E-state index contributed by atoms with van der Waals surface area (Å²) in [6.07, 6.45) is 4.85. The second kappa shape index (κ2) is 4.64. The molecule has 0 amide bonds. The minimum absolute atomic E-state index is 0.650. The van der Waals surface area contributed by atoms with Crippen LogP contribution in [-0.4, -0.2) is 11.5 Å². The van der Waals surface area contributed by atoms with Gasteiger partial charge in [0.2, 0.25) is 0 Å². The Morgan fingerprint density at radius 3 is 2.35 bits per heavy atom. The Bertz CT molecular complexity index is 702. The molecule has 0 heterocycles. The van der Waals surface area contributed by atoms with Gasteiger partial charge in [0.05, 0.1) is 0 Å². The lowest BCUT2D eigenvalue weighted by Crippen LogP contribution is -2.36. The molecule has 1 aliphatic rings. The first-order valence-electron chi connectivity index (χ1n) is 6.74. The molecule has 1 aliphatic carbocycles. The van der Waals surface area contributed by atoms with Gasteiger partial charge in [-0.25, -0.2) is 4.74 Å². The molecule has 2 aromatic carbocycles. The minimum Gasteiger partial charge on any atom is -0.624 e. The van der Waals surface area contributed by atoms with Crippen LogP contribution in [0, 0.1) is 5.21 Å². The van der Waals surface area contributed by atoms with Crippen LogP contribution in [0.2, 0.25) is 0 Å². The second-order valence-corrected chi connectivity index (χ2v) is 5.45. The number of hydrogen-bond donors (Lipinski definition) is 0. The lowest BCUT2D eigenvalue weighted by Gasteiger charge is -2.31. The molecule has 1 atom stereocenters. The number of hydrogen-bond acceptors (Lipinski definition) is 1. The standard InChI is InChI=1S/C18H17NO/c1-18(19(2)20)13-16-9-4-3-7-14(16)11-12-15-8-5-6-10-17(15)18/h3-12H,2,13H2,1H3/b12-11-. The molecule has 0 aromatic heterocycles. The van der Waals surface area contributed by atoms with E-state index in [1.807, 2.05) is 43.3 Å². The van der Waals surface area contributed by atoms with E-state index < -0.39 is 5.54 Å². The molecule has 0 saturated heterocycles. The summed E-state index contributed by atoms with van der Waals surface area (Å²) in [7, 11) is 0. The first-order chi connectivity index (χ1) is 9.61. The Morgan fingerprint density at radius 1 is 1.00 bits per heavy atom. The van der Waals surface area contributed by atoms with Gasteiger partial charge in [0.1, 0.15) is 6.72 Å². The van der Waals surface area contributed by atoms with Crippen molar-refractivity contribution in [2.75, 3.05) is 0 Å². The Morgan fingerprint density at radius 2 is 1.60 bits per heavy atom. The highest BCUT2D eigenvalue weighted by atomic mass is 16.5. The fourth-order valence-electron chi connectivity index (χ4n) is 2.86. The van der Waals surface area contributed by atoms with E-state index in [0.717, 1.165) is 21.4 Å². The summed E-state index contributed by atoms with van der Waals surface area (Å²) in [5, 5.41) is 12.1. The third-order valence-corrected chi connectivity index (χ3v) is 4.12. The van der Waals surface area contributed by atoms with E-state index >= 15 is 0 Å². The molecule has 1 unspecified atom stereocenters. The van der Waals surface area contributed by atoms with Crippen molar-refractivity contribution in [2.24, 2.45) is 0 Å². The lowest BCUT2D eigenvalue weighted by atomic mass is 9.80. The maximum atomic E-state index is 12.1. The average molecular weight is 263 g/mol. The molecule has 0 radical (unpaired) electrons. The van der Waals surface area contributed by atoms with E-state index in [4.69, 9.17) is 0 Å². The van der Waals surface area contributed by atoms with Crippen LogP contribution in [0.3, 0.4) is 0 Å². The topological polar surface area (TPSA) is 26.1 Å². The van der Waals surface area contributed by atoms with E-state index in [-0.39, 0.29) is 0 Å². The molecule has 0 bridgehead atoms. The van der Waals surface area contributed by atoms with Crippen LogP contribution >= 0.6 is 0 Å². The Kier molecular flexibility index (Phi) is 2.94. The summed E-state index contributed by atoms with van der Waals surface area (Å²) in [4.78, 5) is 0. The zero-order valence-corrected chi connectivity index (χ0v) is 11.5. The van der Waals surface area contributed by atoms with Gasteiger partial charge >= 0.3 is 0 Å². The average Bonchev–Trinajstić information content (AvgIpc) is 2.44. The predicted molar refractivity (Wildman–Crippen MR) is 83.6 cm³/mol. The quantitative estimate of drug-likeness (QED) is 0.332. The van der Waals surface area contributed by atoms with E-state index in [2.05, 4.69) is 31.0 Å². The van der Waals surface area contributed by atoms with Crippen LogP contribution in [0.1, 0.15) is 29.2 Å². The first kappa shape index (κ1) is 12.7. The predicted octanol–water partition coefficient (Wildman–Crippen LogP) is 3.84. The Labute approximate surface area is 119 Å². The van der Waals surface area contributed by atoms with E-state index in [0.29, 0.717) is 6.42 Å². The number of rotatable bonds is 1. The largest absolute Gasteiger partial charge is 0.624 e. The van der Waals surface area contributed by atoms with Crippen molar-refractivity contribution in [3.8, 4) is 0 Å². The monoisotopic (exact) mass is 263 g/mol. The Balaban J connectivity index is 2.28. The van der Waals surface area contributed by atoms with Crippen molar-refractivity contribution in [2.45, 2.75) is 18.9 Å². The highest BCUT2D eigenvalue weighted by molar-refractivity contribution is 5.74. The fourth-order valence-corrected chi connectivity index (χ4v) is 2.86. The van der Waals surface area contributed by atoms with Gasteiger partial charge in [0, 0.05) is 18.9 Å². The summed E-state index contributed by atoms with van der Waals surface area (Å²) in [6, 6.07) is 16.2. The molecule has 3 rings (SSSR count). The number of hydroxylamine groups is 1. The molecule has 0 spiro atoms. The highest BCUT2D eigenvalue weighted by Crippen LogP contribution is 2.35. The molecule has 2 heteroatoms. The van der Waals surface area contributed by atoms with Crippen LogP contribution < -0.4 is 0 Å². The van der Waals surface area contributed by atoms with Gasteiger partial charge in [-0.3, -0.25) is 0 Å². The van der Waals surface area contributed by atoms with Gasteiger partial charge in [0.15, 0.2) is 5.54 Å². The van der Waals surface area contributed by atoms with E-state index in [9.17, 15) is 5.21 Å². The molecule has 20 heavy (non-hydrogen) atoms. The summed E-state index contributed by atoms with van der Waals surface area (Å²) in [5.41, 5.74) is 3.78. The fraction of sp³-hybridized carbons (Fsp3) is 0.167. The minimum atomic E-state index is -0.655. The van der Waals surface area contributed by atoms with Crippen LogP contribution in [0.4, 0.5) is 0 Å². The van der Waals surface area contributed by atoms with E-state index in [1.165, 1.54) is 5.56 Å². The van der Waals surface area contributed by atoms with Gasteiger partial charge in [-0.1, -0.05) is 60.7 Å². The Hall–Kier alpha value is -2.35. The van der Waals surface area contributed by atoms with Gasteiger partial charge in [-0.15, -0.1) is 0 Å². The van der Waals surface area contributed by atoms with Crippen molar-refractivity contribution in [1.29, 1.82) is 0 Å². The first-order valence-corrected chi connectivity index (χ1v) is 6.74. The smallest absolute Gasteiger partial charge is 0.199 e. The SMILES string of the molecule is C=[N+]([O-])C1(C)Cc2ccccc2/C=C\c2ccccc21. The second-order valence-electron chi connectivity index (χ2n) is 5.45. The van der Waals surface area contributed by atoms with Crippen molar-refractivity contribution in [3.63, 3.8) is 0 Å². The van der Waals surface area contributed by atoms with Gasteiger partial charge < -0.3 is 5.21 Å². The highest BCUT2D eigenvalue weighted by Gasteiger charge is 2.37. The zero-order chi connectivity index (χ0) is 14.2. The van der Waals surface area contributed by atoms with Crippen molar-refractivity contribution < 1.29 is 4.74 Å². The molecule has 2 aromatic rings. The maximum Gasteiger partial charge on any atom is 0.199 e. The zero-order valence-electron chi connectivity index (χ0n) is 11.5. The summed E-state index contributed by atoms with van der Waals surface area (Å²) in [6.45, 7) is 5.59. The van der Waals surface area contributed by atoms with Crippen LogP contribution in [0.25, 0.3) is 12.2 Å². The summed E-state index contributed by atoms with van der Waals surface area (Å²) in [5.74, 6) is 0. The molecule has 2 nitrogen and oxygen atoms in total. The van der Waals surface area contributed by atoms with Crippen LogP contribution in [0.5, 0.6) is 0 Å². The summed E-state index contributed by atoms with van der Waals surface area (Å²) >= 11 is 0. The van der Waals surface area contributed by atoms with Gasteiger partial charge in [0.25, 0.3) is 0 Å². The molecule has 0 aliphatic heterocycles. The third-order valence-electron chi connectivity index (χ3n) is 4.12. The molecule has 0 N–H and O–H groups in total. The number of nitrogens with zero attached hydrogens (tertiary/aromatic N) is 1. The molecular weight excluding hydrogens is 246 g/mol. The van der Waals surface area contributed by atoms with Gasteiger partial charge in [-0.05, 0) is 16.7 Å². The van der Waals surface area contributed by atoms with Crippen LogP contribution in [-0.2, 0) is 12.0 Å².